The number of hydrogen-bond acceptors (Lipinski definition) is 12. The third-order valence-corrected chi connectivity index (χ3v) is 10.3. The Hall–Kier alpha value is -1.41. The average Bonchev–Trinajstić information content (AvgIpc) is 3.12. The van der Waals surface area contributed by atoms with E-state index in [-0.39, 0.29) is 12.8 Å². The topological polar surface area (TPSA) is 210 Å². The highest BCUT2D eigenvalue weighted by atomic mass is 31.2. The number of hydrogen-bond donors (Lipinski definition) is 6. The lowest BCUT2D eigenvalue weighted by atomic mass is 9.85. The molecular weight excluding hydrogens is 695 g/mol. The SMILES string of the molecule is CCCCCCCCCCC/C=C/CCCCC(=O)OC[C@@H](COP(=O)(O)OC1C(O)C(O)C(O)[C@H](O)C1O)OC(=O)CCCCCCCCCC. The second-order valence-electron chi connectivity index (χ2n) is 14.1. The van der Waals surface area contributed by atoms with E-state index in [0.717, 1.165) is 44.9 Å². The molecule has 0 saturated heterocycles. The Balaban J connectivity index is 2.50. The van der Waals surface area contributed by atoms with E-state index in [1.54, 1.807) is 0 Å². The third kappa shape index (κ3) is 22.7. The standard InChI is InChI=1S/C38H71O13P/c1-3-5-7-9-11-13-14-15-16-17-18-19-21-22-24-26-31(39)48-28-30(50-32(40)27-25-23-20-12-10-8-6-4-2)29-49-52(46,47)51-38-36(44)34(42)33(41)35(43)37(38)45/h18-19,30,33-38,41-45H,3-17,20-29H2,1-2H3,(H,46,47)/b19-18+/t30-,33?,34-,35?,36?,37?,38?/m0/s1. The molecule has 0 spiro atoms. The molecule has 14 heteroatoms. The van der Waals surface area contributed by atoms with Crippen LogP contribution in [-0.4, -0.2) is 98.3 Å². The molecule has 1 fully saturated rings. The maximum absolute atomic E-state index is 12.7. The molecule has 0 radical (unpaired) electrons. The summed E-state index contributed by atoms with van der Waals surface area (Å²) in [6.07, 6.45) is 14.6. The molecule has 0 aromatic carbocycles. The van der Waals surface area contributed by atoms with Crippen LogP contribution in [0.2, 0.25) is 0 Å². The lowest BCUT2D eigenvalue weighted by Gasteiger charge is -2.41. The van der Waals surface area contributed by atoms with E-state index in [4.69, 9.17) is 18.5 Å². The first-order valence-corrected chi connectivity index (χ1v) is 21.5. The molecular formula is C38H71O13P. The first-order valence-electron chi connectivity index (χ1n) is 20.0. The first kappa shape index (κ1) is 48.6. The molecule has 0 aliphatic heterocycles. The van der Waals surface area contributed by atoms with Crippen molar-refractivity contribution in [2.24, 2.45) is 0 Å². The summed E-state index contributed by atoms with van der Waals surface area (Å²) < 4.78 is 33.2. The third-order valence-electron chi connectivity index (χ3n) is 9.36. The number of rotatable bonds is 32. The maximum Gasteiger partial charge on any atom is 0.472 e. The van der Waals surface area contributed by atoms with Crippen molar-refractivity contribution in [3.8, 4) is 0 Å². The van der Waals surface area contributed by atoms with Crippen LogP contribution in [-0.2, 0) is 32.7 Å². The van der Waals surface area contributed by atoms with E-state index in [9.17, 15) is 44.6 Å². The van der Waals surface area contributed by atoms with Gasteiger partial charge >= 0.3 is 19.8 Å². The van der Waals surface area contributed by atoms with Gasteiger partial charge in [-0.25, -0.2) is 4.57 Å². The molecule has 6 N–H and O–H groups in total. The summed E-state index contributed by atoms with van der Waals surface area (Å²) in [5, 5.41) is 49.9. The van der Waals surface area contributed by atoms with E-state index in [1.165, 1.54) is 77.0 Å². The molecule has 52 heavy (non-hydrogen) atoms. The lowest BCUT2D eigenvalue weighted by Crippen LogP contribution is -2.64. The van der Waals surface area contributed by atoms with Crippen LogP contribution in [0.5, 0.6) is 0 Å². The lowest BCUT2D eigenvalue weighted by molar-refractivity contribution is -0.220. The van der Waals surface area contributed by atoms with Crippen molar-refractivity contribution < 1.29 is 63.1 Å². The number of esters is 2. The highest BCUT2D eigenvalue weighted by molar-refractivity contribution is 7.47. The van der Waals surface area contributed by atoms with Crippen LogP contribution in [0.25, 0.3) is 0 Å². The number of ether oxygens (including phenoxy) is 2. The zero-order chi connectivity index (χ0) is 38.6. The highest BCUT2D eigenvalue weighted by Crippen LogP contribution is 2.47. The molecule has 0 amide bonds. The maximum atomic E-state index is 12.7. The average molecular weight is 767 g/mol. The predicted molar refractivity (Wildman–Crippen MR) is 198 cm³/mol. The fourth-order valence-corrected chi connectivity index (χ4v) is 7.02. The van der Waals surface area contributed by atoms with Gasteiger partial charge in [-0.3, -0.25) is 18.6 Å². The van der Waals surface area contributed by atoms with Crippen molar-refractivity contribution in [3.63, 3.8) is 0 Å². The van der Waals surface area contributed by atoms with Crippen molar-refractivity contribution in [1.29, 1.82) is 0 Å². The molecule has 0 heterocycles. The largest absolute Gasteiger partial charge is 0.472 e. The van der Waals surface area contributed by atoms with Crippen LogP contribution in [0.1, 0.15) is 162 Å². The van der Waals surface area contributed by atoms with Crippen LogP contribution >= 0.6 is 7.82 Å². The van der Waals surface area contributed by atoms with Crippen molar-refractivity contribution in [1.82, 2.24) is 0 Å². The summed E-state index contributed by atoms with van der Waals surface area (Å²) in [5.74, 6) is -1.13. The summed E-state index contributed by atoms with van der Waals surface area (Å²) in [6, 6.07) is 0. The van der Waals surface area contributed by atoms with E-state index in [1.807, 2.05) is 0 Å². The van der Waals surface area contributed by atoms with E-state index in [0.29, 0.717) is 12.8 Å². The molecule has 0 aromatic heterocycles. The van der Waals surface area contributed by atoms with Crippen molar-refractivity contribution in [2.45, 2.75) is 204 Å². The minimum atomic E-state index is -5.10. The number of allylic oxidation sites excluding steroid dienone is 2. The summed E-state index contributed by atoms with van der Waals surface area (Å²) in [4.78, 5) is 35.3. The molecule has 1 saturated carbocycles. The Morgan fingerprint density at radius 3 is 1.50 bits per heavy atom. The van der Waals surface area contributed by atoms with Crippen molar-refractivity contribution in [3.05, 3.63) is 12.2 Å². The van der Waals surface area contributed by atoms with Gasteiger partial charge in [0.05, 0.1) is 6.61 Å². The first-order chi connectivity index (χ1) is 24.9. The number of aliphatic hydroxyl groups is 5. The van der Waals surface area contributed by atoms with Crippen LogP contribution in [0.3, 0.4) is 0 Å². The highest BCUT2D eigenvalue weighted by Gasteiger charge is 2.51. The Kier molecular flexibility index (Phi) is 27.9. The molecule has 8 atom stereocenters. The van der Waals surface area contributed by atoms with E-state index < -0.39 is 75.7 Å². The fraction of sp³-hybridized carbons (Fsp3) is 0.895. The number of phosphoric acid groups is 1. The zero-order valence-electron chi connectivity index (χ0n) is 31.9. The number of aliphatic hydroxyl groups excluding tert-OH is 5. The molecule has 1 aliphatic rings. The second-order valence-corrected chi connectivity index (χ2v) is 15.5. The quantitative estimate of drug-likeness (QED) is 0.0192. The van der Waals surface area contributed by atoms with Gasteiger partial charge in [-0.1, -0.05) is 122 Å². The van der Waals surface area contributed by atoms with E-state index in [2.05, 4.69) is 26.0 Å². The van der Waals surface area contributed by atoms with Gasteiger partial charge in [-0.2, -0.15) is 0 Å². The molecule has 1 aliphatic carbocycles. The molecule has 0 bridgehead atoms. The summed E-state index contributed by atoms with van der Waals surface area (Å²) in [6.45, 7) is 3.21. The van der Waals surface area contributed by atoms with Crippen LogP contribution < -0.4 is 0 Å². The minimum absolute atomic E-state index is 0.0951. The van der Waals surface area contributed by atoms with Crippen LogP contribution in [0, 0.1) is 0 Å². The Bertz CT molecular complexity index is 980. The second kappa shape index (κ2) is 29.9. The van der Waals surface area contributed by atoms with Gasteiger partial charge in [0, 0.05) is 12.8 Å². The normalized spacial score (nSPS) is 23.8. The van der Waals surface area contributed by atoms with Crippen molar-refractivity contribution >= 4 is 19.8 Å². The van der Waals surface area contributed by atoms with Gasteiger partial charge in [0.1, 0.15) is 43.2 Å². The van der Waals surface area contributed by atoms with Crippen LogP contribution in [0.15, 0.2) is 12.2 Å². The molecule has 1 rings (SSSR count). The fourth-order valence-electron chi connectivity index (χ4n) is 6.05. The number of carbonyl (C=O) groups is 2. The van der Waals surface area contributed by atoms with Gasteiger partial charge in [0.25, 0.3) is 0 Å². The van der Waals surface area contributed by atoms with Gasteiger partial charge in [0.2, 0.25) is 0 Å². The molecule has 13 nitrogen and oxygen atoms in total. The number of phosphoric ester groups is 1. The Morgan fingerprint density at radius 2 is 0.981 bits per heavy atom. The van der Waals surface area contributed by atoms with Gasteiger partial charge in [0.15, 0.2) is 6.10 Å². The number of unbranched alkanes of at least 4 members (excludes halogenated alkanes) is 18. The van der Waals surface area contributed by atoms with Gasteiger partial charge in [-0.15, -0.1) is 0 Å². The zero-order valence-corrected chi connectivity index (χ0v) is 32.8. The minimum Gasteiger partial charge on any atom is -0.462 e. The molecule has 306 valence electrons. The molecule has 0 aromatic rings. The van der Waals surface area contributed by atoms with Gasteiger partial charge in [-0.05, 0) is 38.5 Å². The Morgan fingerprint density at radius 1 is 0.577 bits per heavy atom. The Labute approximate surface area is 312 Å². The predicted octanol–water partition coefficient (Wildman–Crippen LogP) is 6.33. The smallest absolute Gasteiger partial charge is 0.462 e. The molecule has 6 unspecified atom stereocenters. The summed E-state index contributed by atoms with van der Waals surface area (Å²) in [5.41, 5.74) is 0. The number of carbonyl (C=O) groups excluding carboxylic acids is 2. The van der Waals surface area contributed by atoms with E-state index >= 15 is 0 Å². The summed E-state index contributed by atoms with van der Waals surface area (Å²) in [7, 11) is -5.10. The monoisotopic (exact) mass is 766 g/mol. The summed E-state index contributed by atoms with van der Waals surface area (Å²) >= 11 is 0. The van der Waals surface area contributed by atoms with Crippen LogP contribution in [0.4, 0.5) is 0 Å². The van der Waals surface area contributed by atoms with Gasteiger partial charge < -0.3 is 39.9 Å². The van der Waals surface area contributed by atoms with Crippen molar-refractivity contribution in [2.75, 3.05) is 13.2 Å².